The van der Waals surface area contributed by atoms with Gasteiger partial charge in [-0.05, 0) is 5.92 Å². The highest BCUT2D eigenvalue weighted by Crippen LogP contribution is 1.99. The Morgan fingerprint density at radius 2 is 2.22 bits per heavy atom. The number of ether oxygens (including phenoxy) is 1. The molecule has 0 spiro atoms. The van der Waals surface area contributed by atoms with E-state index in [0.29, 0.717) is 12.5 Å². The number of carbonyl (C=O) groups excluding carboxylic acids is 1. The Hall–Kier alpha value is -0.530. The minimum atomic E-state index is -0.185. The summed E-state index contributed by atoms with van der Waals surface area (Å²) in [4.78, 5) is 10.2. The zero-order valence-corrected chi connectivity index (χ0v) is 6.31. The monoisotopic (exact) mass is 130 g/mol. The molecule has 0 aliphatic heterocycles. The Balaban J connectivity index is 3.16. The van der Waals surface area contributed by atoms with Gasteiger partial charge in [0.15, 0.2) is 0 Å². The van der Waals surface area contributed by atoms with Crippen LogP contribution >= 0.6 is 0 Å². The third-order valence-electron chi connectivity index (χ3n) is 1.27. The van der Waals surface area contributed by atoms with Gasteiger partial charge in [-0.1, -0.05) is 20.3 Å². The van der Waals surface area contributed by atoms with E-state index in [1.807, 2.05) is 0 Å². The highest BCUT2D eigenvalue weighted by molar-refractivity contribution is 5.65. The Bertz CT molecular complexity index is 88.9. The molecule has 0 aliphatic carbocycles. The Kier molecular flexibility index (Phi) is 4.10. The van der Waals surface area contributed by atoms with Crippen LogP contribution < -0.4 is 0 Å². The molecule has 0 radical (unpaired) electrons. The van der Waals surface area contributed by atoms with Gasteiger partial charge in [-0.3, -0.25) is 4.79 Å². The molecule has 0 unspecified atom stereocenters. The summed E-state index contributed by atoms with van der Waals surface area (Å²) in [5, 5.41) is 0. The Morgan fingerprint density at radius 3 is 2.56 bits per heavy atom. The number of carbonyl (C=O) groups is 1. The van der Waals surface area contributed by atoms with Gasteiger partial charge in [0.2, 0.25) is 0 Å². The van der Waals surface area contributed by atoms with Gasteiger partial charge in [-0.25, -0.2) is 0 Å². The third-order valence-corrected chi connectivity index (χ3v) is 1.27. The van der Waals surface area contributed by atoms with E-state index in [0.717, 1.165) is 6.42 Å². The molecule has 2 nitrogen and oxygen atoms in total. The molecule has 0 saturated carbocycles. The minimum Gasteiger partial charge on any atom is -0.466 e. The Labute approximate surface area is 56.2 Å². The van der Waals surface area contributed by atoms with Gasteiger partial charge < -0.3 is 4.74 Å². The SMILES string of the molecule is CC[C@H](C)COC(C)=O. The van der Waals surface area contributed by atoms with Crippen LogP contribution in [0.4, 0.5) is 0 Å². The second kappa shape index (κ2) is 4.36. The zero-order chi connectivity index (χ0) is 7.28. The minimum absolute atomic E-state index is 0.185. The first-order chi connectivity index (χ1) is 4.16. The topological polar surface area (TPSA) is 26.3 Å². The molecule has 0 aromatic rings. The summed E-state index contributed by atoms with van der Waals surface area (Å²) in [6.45, 7) is 6.13. The van der Waals surface area contributed by atoms with Crippen LogP contribution in [0.2, 0.25) is 0 Å². The molecule has 0 rings (SSSR count). The fraction of sp³-hybridized carbons (Fsp3) is 0.857. The van der Waals surface area contributed by atoms with Crippen LogP contribution in [0.5, 0.6) is 0 Å². The lowest BCUT2D eigenvalue weighted by Gasteiger charge is -2.06. The smallest absolute Gasteiger partial charge is 0.302 e. The van der Waals surface area contributed by atoms with Crippen molar-refractivity contribution in [2.24, 2.45) is 5.92 Å². The summed E-state index contributed by atoms with van der Waals surface area (Å²) in [5.41, 5.74) is 0. The van der Waals surface area contributed by atoms with Crippen molar-refractivity contribution >= 4 is 5.97 Å². The quantitative estimate of drug-likeness (QED) is 0.542. The van der Waals surface area contributed by atoms with Crippen molar-refractivity contribution in [3.63, 3.8) is 0 Å². The van der Waals surface area contributed by atoms with E-state index in [1.165, 1.54) is 6.92 Å². The summed E-state index contributed by atoms with van der Waals surface area (Å²) in [7, 11) is 0. The van der Waals surface area contributed by atoms with Crippen molar-refractivity contribution in [1.29, 1.82) is 0 Å². The van der Waals surface area contributed by atoms with Crippen LogP contribution in [0, 0.1) is 5.92 Å². The van der Waals surface area contributed by atoms with Crippen molar-refractivity contribution in [2.75, 3.05) is 6.61 Å². The predicted octanol–water partition coefficient (Wildman–Crippen LogP) is 1.60. The third kappa shape index (κ3) is 5.34. The fourth-order valence-corrected chi connectivity index (χ4v) is 0.377. The maximum Gasteiger partial charge on any atom is 0.302 e. The number of hydrogen-bond acceptors (Lipinski definition) is 2. The first kappa shape index (κ1) is 8.47. The van der Waals surface area contributed by atoms with Crippen LogP contribution in [-0.2, 0) is 9.53 Å². The van der Waals surface area contributed by atoms with Gasteiger partial charge >= 0.3 is 5.97 Å². The van der Waals surface area contributed by atoms with Gasteiger partial charge in [0.25, 0.3) is 0 Å². The molecule has 2 heteroatoms. The number of rotatable bonds is 3. The molecule has 0 aromatic heterocycles. The molecule has 0 fully saturated rings. The molecule has 0 heterocycles. The first-order valence-corrected chi connectivity index (χ1v) is 3.30. The van der Waals surface area contributed by atoms with Gasteiger partial charge in [0.05, 0.1) is 6.61 Å². The summed E-state index contributed by atoms with van der Waals surface area (Å²) in [6, 6.07) is 0. The van der Waals surface area contributed by atoms with E-state index < -0.39 is 0 Å². The van der Waals surface area contributed by atoms with E-state index in [2.05, 4.69) is 13.8 Å². The molecule has 0 aliphatic rings. The lowest BCUT2D eigenvalue weighted by atomic mass is 10.1. The molecule has 0 amide bonds. The molecular formula is C7H14O2. The van der Waals surface area contributed by atoms with Gasteiger partial charge in [0.1, 0.15) is 0 Å². The largest absolute Gasteiger partial charge is 0.466 e. The summed E-state index contributed by atoms with van der Waals surface area (Å²) >= 11 is 0. The summed E-state index contributed by atoms with van der Waals surface area (Å²) < 4.78 is 4.76. The van der Waals surface area contributed by atoms with Gasteiger partial charge in [-0.2, -0.15) is 0 Å². The van der Waals surface area contributed by atoms with Crippen LogP contribution in [0.15, 0.2) is 0 Å². The van der Waals surface area contributed by atoms with E-state index in [-0.39, 0.29) is 5.97 Å². The van der Waals surface area contributed by atoms with E-state index >= 15 is 0 Å². The molecule has 54 valence electrons. The summed E-state index contributed by atoms with van der Waals surface area (Å²) in [6.07, 6.45) is 1.06. The maximum atomic E-state index is 10.2. The molecule has 0 N–H and O–H groups in total. The number of esters is 1. The maximum absolute atomic E-state index is 10.2. The van der Waals surface area contributed by atoms with Crippen molar-refractivity contribution in [1.82, 2.24) is 0 Å². The standard InChI is InChI=1S/C7H14O2/c1-4-6(2)5-9-7(3)8/h6H,4-5H2,1-3H3/t6-/m0/s1. The van der Waals surface area contributed by atoms with Crippen LogP contribution in [0.25, 0.3) is 0 Å². The predicted molar refractivity (Wildman–Crippen MR) is 36.1 cm³/mol. The van der Waals surface area contributed by atoms with Gasteiger partial charge in [0, 0.05) is 6.92 Å². The van der Waals surface area contributed by atoms with Crippen LogP contribution in [-0.4, -0.2) is 12.6 Å². The average Bonchev–Trinajstić information content (AvgIpc) is 1.83. The average molecular weight is 130 g/mol. The van der Waals surface area contributed by atoms with Gasteiger partial charge in [-0.15, -0.1) is 0 Å². The van der Waals surface area contributed by atoms with Crippen molar-refractivity contribution in [3.8, 4) is 0 Å². The van der Waals surface area contributed by atoms with Crippen molar-refractivity contribution < 1.29 is 9.53 Å². The molecule has 9 heavy (non-hydrogen) atoms. The zero-order valence-electron chi connectivity index (χ0n) is 6.31. The van der Waals surface area contributed by atoms with Crippen LogP contribution in [0.1, 0.15) is 27.2 Å². The second-order valence-corrected chi connectivity index (χ2v) is 2.32. The molecule has 0 saturated heterocycles. The van der Waals surface area contributed by atoms with Crippen LogP contribution in [0.3, 0.4) is 0 Å². The molecular weight excluding hydrogens is 116 g/mol. The molecule has 0 aromatic carbocycles. The van der Waals surface area contributed by atoms with E-state index in [9.17, 15) is 4.79 Å². The van der Waals surface area contributed by atoms with Crippen molar-refractivity contribution in [2.45, 2.75) is 27.2 Å². The highest BCUT2D eigenvalue weighted by atomic mass is 16.5. The molecule has 1 atom stereocenters. The Morgan fingerprint density at radius 1 is 1.67 bits per heavy atom. The fourth-order valence-electron chi connectivity index (χ4n) is 0.377. The van der Waals surface area contributed by atoms with Crippen molar-refractivity contribution in [3.05, 3.63) is 0 Å². The summed E-state index contributed by atoms with van der Waals surface area (Å²) in [5.74, 6) is 0.309. The second-order valence-electron chi connectivity index (χ2n) is 2.32. The first-order valence-electron chi connectivity index (χ1n) is 3.30. The normalized spacial score (nSPS) is 12.8. The molecule has 0 bridgehead atoms. The lowest BCUT2D eigenvalue weighted by molar-refractivity contribution is -0.142. The van der Waals surface area contributed by atoms with E-state index in [4.69, 9.17) is 4.74 Å². The number of hydrogen-bond donors (Lipinski definition) is 0. The lowest BCUT2D eigenvalue weighted by Crippen LogP contribution is -2.07. The van der Waals surface area contributed by atoms with E-state index in [1.54, 1.807) is 0 Å². The highest BCUT2D eigenvalue weighted by Gasteiger charge is 1.99.